The summed E-state index contributed by atoms with van der Waals surface area (Å²) >= 11 is 0. The molecule has 0 atom stereocenters. The average Bonchev–Trinajstić information content (AvgIpc) is 3.21. The van der Waals surface area contributed by atoms with Gasteiger partial charge in [0, 0.05) is 11.1 Å². The van der Waals surface area contributed by atoms with Crippen LogP contribution in [0.1, 0.15) is 68.2 Å². The zero-order chi connectivity index (χ0) is 21.3. The summed E-state index contributed by atoms with van der Waals surface area (Å²) in [6.45, 7) is 6.60. The lowest BCUT2D eigenvalue weighted by Crippen LogP contribution is -2.15. The largest absolute Gasteiger partial charge is 0.457 e. The number of hydrogen-bond donors (Lipinski definition) is 1. The molecular formula is C26H30N2O2. The maximum absolute atomic E-state index is 11.8. The van der Waals surface area contributed by atoms with Crippen molar-refractivity contribution in [2.24, 2.45) is 11.7 Å². The molecule has 0 aliphatic heterocycles. The predicted molar refractivity (Wildman–Crippen MR) is 121 cm³/mol. The molecule has 2 aromatic carbocycles. The molecular weight excluding hydrogens is 372 g/mol. The van der Waals surface area contributed by atoms with E-state index in [1.807, 2.05) is 30.3 Å². The molecule has 1 aromatic heterocycles. The van der Waals surface area contributed by atoms with Gasteiger partial charge in [-0.1, -0.05) is 64.7 Å². The molecule has 3 aromatic rings. The maximum atomic E-state index is 11.8. The molecule has 156 valence electrons. The maximum Gasteiger partial charge on any atom is 0.267 e. The van der Waals surface area contributed by atoms with Gasteiger partial charge in [0.05, 0.1) is 0 Å². The van der Waals surface area contributed by atoms with Gasteiger partial charge in [0.15, 0.2) is 0 Å². The smallest absolute Gasteiger partial charge is 0.267 e. The Morgan fingerprint density at radius 3 is 2.33 bits per heavy atom. The average molecular weight is 403 g/mol. The highest BCUT2D eigenvalue weighted by Crippen LogP contribution is 2.33. The van der Waals surface area contributed by atoms with Crippen molar-refractivity contribution in [2.75, 3.05) is 0 Å². The molecule has 1 fully saturated rings. The van der Waals surface area contributed by atoms with Crippen LogP contribution in [0.15, 0.2) is 48.5 Å². The van der Waals surface area contributed by atoms with E-state index in [0.29, 0.717) is 11.6 Å². The van der Waals surface area contributed by atoms with Crippen LogP contribution in [0.3, 0.4) is 0 Å². The van der Waals surface area contributed by atoms with Crippen LogP contribution in [0.4, 0.5) is 0 Å². The van der Waals surface area contributed by atoms with Crippen molar-refractivity contribution in [2.45, 2.75) is 58.3 Å². The number of amides is 1. The van der Waals surface area contributed by atoms with Crippen LogP contribution in [0, 0.1) is 5.92 Å². The predicted octanol–water partition coefficient (Wildman–Crippen LogP) is 6.16. The first-order valence-corrected chi connectivity index (χ1v) is 10.8. The van der Waals surface area contributed by atoms with Gasteiger partial charge < -0.3 is 10.5 Å². The van der Waals surface area contributed by atoms with E-state index in [1.165, 1.54) is 31.2 Å². The number of benzene rings is 2. The Labute approximate surface area is 178 Å². The number of rotatable bonds is 5. The van der Waals surface area contributed by atoms with E-state index in [0.717, 1.165) is 34.4 Å². The van der Waals surface area contributed by atoms with E-state index in [2.05, 4.69) is 37.9 Å². The Kier molecular flexibility index (Phi) is 5.50. The van der Waals surface area contributed by atoms with Gasteiger partial charge in [0.1, 0.15) is 17.2 Å². The number of aromatic nitrogens is 1. The Hall–Kier alpha value is -2.88. The van der Waals surface area contributed by atoms with Gasteiger partial charge in [-0.25, -0.2) is 4.98 Å². The molecule has 1 aliphatic carbocycles. The Morgan fingerprint density at radius 2 is 1.70 bits per heavy atom. The van der Waals surface area contributed by atoms with Crippen molar-refractivity contribution < 1.29 is 9.53 Å². The monoisotopic (exact) mass is 402 g/mol. The fourth-order valence-corrected chi connectivity index (χ4v) is 4.29. The van der Waals surface area contributed by atoms with E-state index < -0.39 is 5.91 Å². The summed E-state index contributed by atoms with van der Waals surface area (Å²) in [5.41, 5.74) is 8.20. The van der Waals surface area contributed by atoms with E-state index in [9.17, 15) is 4.79 Å². The number of primary amides is 1. The third kappa shape index (κ3) is 4.48. The van der Waals surface area contributed by atoms with Crippen molar-refractivity contribution in [3.63, 3.8) is 0 Å². The normalized spacial score (nSPS) is 14.9. The lowest BCUT2D eigenvalue weighted by Gasteiger charge is -2.19. The highest BCUT2D eigenvalue weighted by molar-refractivity contribution is 5.96. The van der Waals surface area contributed by atoms with Gasteiger partial charge in [-0.15, -0.1) is 0 Å². The molecule has 2 N–H and O–H groups in total. The van der Waals surface area contributed by atoms with Crippen LogP contribution in [-0.4, -0.2) is 10.9 Å². The number of carbonyl (C=O) groups excluding carboxylic acids is 1. The van der Waals surface area contributed by atoms with Crippen molar-refractivity contribution >= 4 is 16.7 Å². The quantitative estimate of drug-likeness (QED) is 0.556. The van der Waals surface area contributed by atoms with Crippen LogP contribution in [0.2, 0.25) is 0 Å². The minimum absolute atomic E-state index is 0.112. The fraction of sp³-hybridized carbons (Fsp3) is 0.385. The third-order valence-corrected chi connectivity index (χ3v) is 6.05. The Morgan fingerprint density at radius 1 is 1.03 bits per heavy atom. The zero-order valence-corrected chi connectivity index (χ0v) is 18.1. The first kappa shape index (κ1) is 20.4. The van der Waals surface area contributed by atoms with Gasteiger partial charge >= 0.3 is 0 Å². The minimum Gasteiger partial charge on any atom is -0.457 e. The van der Waals surface area contributed by atoms with Gasteiger partial charge in [-0.05, 0) is 59.0 Å². The molecule has 1 aliphatic rings. The van der Waals surface area contributed by atoms with Gasteiger partial charge in [0.2, 0.25) is 0 Å². The standard InChI is InChI=1S/C26H30N2O2/c1-26(2,3)19-9-12-20(13-10-19)30-21-11-8-18-15-24(25(27)29)28-23(22(18)16-21)14-17-6-4-5-7-17/h8-13,15-17H,4-7,14H2,1-3H3,(H2,27,29). The number of ether oxygens (including phenoxy) is 1. The van der Waals surface area contributed by atoms with E-state index >= 15 is 0 Å². The number of carbonyl (C=O) groups is 1. The minimum atomic E-state index is -0.483. The highest BCUT2D eigenvalue weighted by atomic mass is 16.5. The highest BCUT2D eigenvalue weighted by Gasteiger charge is 2.19. The fourth-order valence-electron chi connectivity index (χ4n) is 4.29. The molecule has 4 heteroatoms. The topological polar surface area (TPSA) is 65.2 Å². The van der Waals surface area contributed by atoms with Crippen molar-refractivity contribution in [1.82, 2.24) is 4.98 Å². The number of nitrogens with zero attached hydrogens (tertiary/aromatic N) is 1. The van der Waals surface area contributed by atoms with E-state index in [4.69, 9.17) is 10.5 Å². The second-order valence-electron chi connectivity index (χ2n) is 9.43. The molecule has 30 heavy (non-hydrogen) atoms. The van der Waals surface area contributed by atoms with Crippen LogP contribution >= 0.6 is 0 Å². The van der Waals surface area contributed by atoms with Crippen LogP contribution in [0.5, 0.6) is 11.5 Å². The zero-order valence-electron chi connectivity index (χ0n) is 18.1. The van der Waals surface area contributed by atoms with E-state index in [-0.39, 0.29) is 5.41 Å². The first-order valence-electron chi connectivity index (χ1n) is 10.8. The molecule has 1 saturated carbocycles. The summed E-state index contributed by atoms with van der Waals surface area (Å²) in [5, 5.41) is 2.01. The summed E-state index contributed by atoms with van der Waals surface area (Å²) in [4.78, 5) is 16.4. The second kappa shape index (κ2) is 8.10. The lowest BCUT2D eigenvalue weighted by atomic mass is 9.87. The first-order chi connectivity index (χ1) is 14.3. The number of hydrogen-bond acceptors (Lipinski definition) is 3. The molecule has 4 nitrogen and oxygen atoms in total. The molecule has 0 bridgehead atoms. The van der Waals surface area contributed by atoms with Gasteiger partial charge in [-0.2, -0.15) is 0 Å². The van der Waals surface area contributed by atoms with Gasteiger partial charge in [-0.3, -0.25) is 4.79 Å². The number of fused-ring (bicyclic) bond motifs is 1. The Bertz CT molecular complexity index is 1060. The summed E-state index contributed by atoms with van der Waals surface area (Å²) in [6, 6.07) is 16.0. The summed E-state index contributed by atoms with van der Waals surface area (Å²) < 4.78 is 6.14. The lowest BCUT2D eigenvalue weighted by molar-refractivity contribution is 0.0995. The van der Waals surface area contributed by atoms with Crippen LogP contribution in [-0.2, 0) is 11.8 Å². The van der Waals surface area contributed by atoms with Crippen LogP contribution in [0.25, 0.3) is 10.8 Å². The molecule has 0 radical (unpaired) electrons. The van der Waals surface area contributed by atoms with Crippen LogP contribution < -0.4 is 10.5 Å². The second-order valence-corrected chi connectivity index (χ2v) is 9.43. The molecule has 1 amide bonds. The van der Waals surface area contributed by atoms with E-state index in [1.54, 1.807) is 6.07 Å². The molecule has 0 unspecified atom stereocenters. The van der Waals surface area contributed by atoms with Gasteiger partial charge in [0.25, 0.3) is 5.91 Å². The Balaban J connectivity index is 1.66. The number of nitrogens with two attached hydrogens (primary N) is 1. The van der Waals surface area contributed by atoms with Crippen molar-refractivity contribution in [3.05, 3.63) is 65.5 Å². The summed E-state index contributed by atoms with van der Waals surface area (Å²) in [6.07, 6.45) is 5.87. The third-order valence-electron chi connectivity index (χ3n) is 6.05. The van der Waals surface area contributed by atoms with Crippen molar-refractivity contribution in [1.29, 1.82) is 0 Å². The summed E-state index contributed by atoms with van der Waals surface area (Å²) in [7, 11) is 0. The van der Waals surface area contributed by atoms with Crippen molar-refractivity contribution in [3.8, 4) is 11.5 Å². The SMILES string of the molecule is CC(C)(C)c1ccc(Oc2ccc3cc(C(N)=O)nc(CC4CCCC4)c3c2)cc1. The summed E-state index contributed by atoms with van der Waals surface area (Å²) in [5.74, 6) is 1.72. The molecule has 0 saturated heterocycles. The molecule has 1 heterocycles. The molecule has 4 rings (SSSR count). The molecule has 0 spiro atoms. The number of pyridine rings is 1.